The zero-order chi connectivity index (χ0) is 24.1. The van der Waals surface area contributed by atoms with Crippen LogP contribution in [0.25, 0.3) is 16.0 Å². The number of hydrogen-bond acceptors (Lipinski definition) is 5. The van der Waals surface area contributed by atoms with Crippen LogP contribution in [-0.4, -0.2) is 21.8 Å². The van der Waals surface area contributed by atoms with Gasteiger partial charge in [-0.05, 0) is 90.4 Å². The fraction of sp³-hybridized carbons (Fsp3) is 0.148. The fourth-order valence-corrected chi connectivity index (χ4v) is 5.70. The number of carbonyl (C=O) groups is 2. The maximum Gasteiger partial charge on any atom is 0.301 e. The van der Waals surface area contributed by atoms with Crippen molar-refractivity contribution >= 4 is 66.7 Å². The second-order valence-corrected chi connectivity index (χ2v) is 10.8. The van der Waals surface area contributed by atoms with Crippen molar-refractivity contribution in [3.05, 3.63) is 97.6 Å². The highest BCUT2D eigenvalue weighted by Crippen LogP contribution is 2.44. The third-order valence-corrected chi connectivity index (χ3v) is 7.75. The molecule has 1 aliphatic rings. The molecule has 1 aromatic heterocycles. The van der Waals surface area contributed by atoms with E-state index in [0.717, 1.165) is 36.0 Å². The number of fused-ring (bicyclic) bond motifs is 1. The number of nitrogens with zero attached hydrogens (tertiary/aromatic N) is 2. The number of thiazole rings is 1. The lowest BCUT2D eigenvalue weighted by atomic mass is 9.93. The smallest absolute Gasteiger partial charge is 0.301 e. The number of Topliss-reactive ketones (excluding diaryl/α,β-unsaturated/α-hetero) is 1. The Balaban J connectivity index is 1.76. The van der Waals surface area contributed by atoms with E-state index >= 15 is 0 Å². The number of carbonyl (C=O) groups excluding carboxylic acids is 2. The number of ketones is 1. The summed E-state index contributed by atoms with van der Waals surface area (Å²) in [6.45, 7) is 5.80. The molecule has 1 atom stereocenters. The van der Waals surface area contributed by atoms with Gasteiger partial charge >= 0.3 is 5.91 Å². The number of amides is 1. The highest BCUT2D eigenvalue weighted by Gasteiger charge is 2.48. The van der Waals surface area contributed by atoms with Crippen LogP contribution < -0.4 is 4.90 Å². The molecular formula is C27H21IN2O3S. The van der Waals surface area contributed by atoms with Gasteiger partial charge in [-0.15, -0.1) is 0 Å². The Bertz CT molecular complexity index is 1500. The van der Waals surface area contributed by atoms with Crippen LogP contribution in [0.4, 0.5) is 5.13 Å². The Morgan fingerprint density at radius 3 is 2.38 bits per heavy atom. The van der Waals surface area contributed by atoms with Gasteiger partial charge in [0.2, 0.25) is 0 Å². The molecule has 5 nitrogen and oxygen atoms in total. The standard InChI is InChI=1S/C27H21IN2O3S/c1-14-4-6-16(3)19(12-14)24(31)22-23(17-7-9-18(28)10-8-17)30(26(33)25(22)32)27-29-20-11-5-15(2)13-21(20)34-27/h4-13,23,31H,1-3H3. The van der Waals surface area contributed by atoms with Crippen molar-refractivity contribution in [2.24, 2.45) is 0 Å². The van der Waals surface area contributed by atoms with Crippen LogP contribution in [0.15, 0.2) is 66.2 Å². The minimum atomic E-state index is -0.779. The SMILES string of the molecule is Cc1ccc(C)c(C(O)=C2C(=O)C(=O)N(c3nc4ccc(C)cc4s3)C2c2ccc(I)cc2)c1. The predicted octanol–water partition coefficient (Wildman–Crippen LogP) is 6.45. The van der Waals surface area contributed by atoms with Gasteiger partial charge in [-0.25, -0.2) is 4.98 Å². The average molecular weight is 580 g/mol. The Kier molecular flexibility index (Phi) is 5.77. The number of benzene rings is 3. The van der Waals surface area contributed by atoms with Gasteiger partial charge < -0.3 is 5.11 Å². The van der Waals surface area contributed by atoms with E-state index in [4.69, 9.17) is 0 Å². The second kappa shape index (κ2) is 8.63. The Hall–Kier alpha value is -3.04. The molecule has 7 heteroatoms. The van der Waals surface area contributed by atoms with Crippen LogP contribution in [0, 0.1) is 24.3 Å². The van der Waals surface area contributed by atoms with Crippen LogP contribution in [0.3, 0.4) is 0 Å². The minimum Gasteiger partial charge on any atom is -0.507 e. The van der Waals surface area contributed by atoms with Crippen molar-refractivity contribution in [1.82, 2.24) is 4.98 Å². The molecule has 170 valence electrons. The molecular weight excluding hydrogens is 559 g/mol. The second-order valence-electron chi connectivity index (χ2n) is 8.51. The van der Waals surface area contributed by atoms with Crippen molar-refractivity contribution in [3.63, 3.8) is 0 Å². The summed E-state index contributed by atoms with van der Waals surface area (Å²) < 4.78 is 1.97. The molecule has 4 aromatic rings. The predicted molar refractivity (Wildman–Crippen MR) is 144 cm³/mol. The van der Waals surface area contributed by atoms with Crippen molar-refractivity contribution in [3.8, 4) is 0 Å². The van der Waals surface area contributed by atoms with E-state index in [-0.39, 0.29) is 11.3 Å². The number of hydrogen-bond donors (Lipinski definition) is 1. The maximum atomic E-state index is 13.4. The first-order valence-electron chi connectivity index (χ1n) is 10.8. The number of anilines is 1. The summed E-state index contributed by atoms with van der Waals surface area (Å²) >= 11 is 3.58. The first kappa shape index (κ1) is 22.7. The molecule has 1 amide bonds. The Morgan fingerprint density at radius 2 is 1.65 bits per heavy atom. The molecule has 3 aromatic carbocycles. The van der Waals surface area contributed by atoms with Crippen molar-refractivity contribution in [2.75, 3.05) is 4.90 Å². The van der Waals surface area contributed by atoms with Crippen molar-refractivity contribution in [1.29, 1.82) is 0 Å². The summed E-state index contributed by atoms with van der Waals surface area (Å²) in [6, 6.07) is 18.4. The van der Waals surface area contributed by atoms with Crippen LogP contribution in [-0.2, 0) is 9.59 Å². The van der Waals surface area contributed by atoms with E-state index in [1.165, 1.54) is 16.2 Å². The third kappa shape index (κ3) is 3.82. The molecule has 1 saturated heterocycles. The average Bonchev–Trinajstić information content (AvgIpc) is 3.33. The molecule has 0 aliphatic carbocycles. The zero-order valence-electron chi connectivity index (χ0n) is 18.8. The van der Waals surface area contributed by atoms with Gasteiger partial charge in [-0.2, -0.15) is 0 Å². The lowest BCUT2D eigenvalue weighted by Crippen LogP contribution is -2.29. The van der Waals surface area contributed by atoms with Gasteiger partial charge in [-0.3, -0.25) is 14.5 Å². The fourth-order valence-electron chi connectivity index (χ4n) is 4.25. The molecule has 0 spiro atoms. The summed E-state index contributed by atoms with van der Waals surface area (Å²) in [5, 5.41) is 11.8. The van der Waals surface area contributed by atoms with Crippen LogP contribution in [0.2, 0.25) is 0 Å². The Morgan fingerprint density at radius 1 is 0.971 bits per heavy atom. The summed E-state index contributed by atoms with van der Waals surface area (Å²) in [5.41, 5.74) is 5.00. The van der Waals surface area contributed by atoms with E-state index in [1.54, 1.807) is 0 Å². The third-order valence-electron chi connectivity index (χ3n) is 6.02. The van der Waals surface area contributed by atoms with E-state index in [2.05, 4.69) is 27.6 Å². The summed E-state index contributed by atoms with van der Waals surface area (Å²) in [6.07, 6.45) is 0. The highest BCUT2D eigenvalue weighted by molar-refractivity contribution is 14.1. The number of aliphatic hydroxyl groups is 1. The van der Waals surface area contributed by atoms with Gasteiger partial charge in [-0.1, -0.05) is 47.2 Å². The van der Waals surface area contributed by atoms with Gasteiger partial charge in [0.15, 0.2) is 5.13 Å². The molecule has 1 unspecified atom stereocenters. The first-order valence-corrected chi connectivity index (χ1v) is 12.7. The Labute approximate surface area is 214 Å². The topological polar surface area (TPSA) is 70.5 Å². The van der Waals surface area contributed by atoms with Crippen LogP contribution in [0.5, 0.6) is 0 Å². The summed E-state index contributed by atoms with van der Waals surface area (Å²) in [7, 11) is 0. The largest absolute Gasteiger partial charge is 0.507 e. The van der Waals surface area contributed by atoms with Crippen molar-refractivity contribution in [2.45, 2.75) is 26.8 Å². The summed E-state index contributed by atoms with van der Waals surface area (Å²) in [4.78, 5) is 32.9. The van der Waals surface area contributed by atoms with Gasteiger partial charge in [0, 0.05) is 9.13 Å². The molecule has 0 radical (unpaired) electrons. The normalized spacial score (nSPS) is 17.6. The van der Waals surface area contributed by atoms with Gasteiger partial charge in [0.25, 0.3) is 5.78 Å². The summed E-state index contributed by atoms with van der Waals surface area (Å²) in [5.74, 6) is -1.56. The maximum absolute atomic E-state index is 13.4. The molecule has 1 N–H and O–H groups in total. The first-order chi connectivity index (χ1) is 16.2. The lowest BCUT2D eigenvalue weighted by Gasteiger charge is -2.23. The molecule has 2 heterocycles. The molecule has 1 aliphatic heterocycles. The van der Waals surface area contributed by atoms with E-state index in [0.29, 0.717) is 10.7 Å². The van der Waals surface area contributed by atoms with E-state index < -0.39 is 17.7 Å². The van der Waals surface area contributed by atoms with Crippen molar-refractivity contribution < 1.29 is 14.7 Å². The molecule has 5 rings (SSSR count). The number of rotatable bonds is 3. The monoisotopic (exact) mass is 580 g/mol. The van der Waals surface area contributed by atoms with Crippen LogP contribution in [0.1, 0.15) is 33.9 Å². The molecule has 0 saturated carbocycles. The van der Waals surface area contributed by atoms with Crippen LogP contribution >= 0.6 is 33.9 Å². The quantitative estimate of drug-likeness (QED) is 0.131. The number of aliphatic hydroxyl groups excluding tert-OH is 1. The molecule has 0 bridgehead atoms. The van der Waals surface area contributed by atoms with Gasteiger partial charge in [0.05, 0.1) is 21.8 Å². The minimum absolute atomic E-state index is 0.0790. The van der Waals surface area contributed by atoms with E-state index in [9.17, 15) is 14.7 Å². The molecule has 1 fully saturated rings. The number of aromatic nitrogens is 1. The lowest BCUT2D eigenvalue weighted by molar-refractivity contribution is -0.132. The van der Waals surface area contributed by atoms with Gasteiger partial charge in [0.1, 0.15) is 5.76 Å². The molecule has 34 heavy (non-hydrogen) atoms. The van der Waals surface area contributed by atoms with E-state index in [1.807, 2.05) is 81.4 Å². The number of halogens is 1. The highest BCUT2D eigenvalue weighted by atomic mass is 127. The zero-order valence-corrected chi connectivity index (χ0v) is 21.8. The number of aryl methyl sites for hydroxylation is 3.